The summed E-state index contributed by atoms with van der Waals surface area (Å²) in [6.45, 7) is 4.74. The summed E-state index contributed by atoms with van der Waals surface area (Å²) in [6, 6.07) is 6.26. The van der Waals surface area contributed by atoms with Gasteiger partial charge in [0.15, 0.2) is 0 Å². The molecule has 1 aromatic rings. The lowest BCUT2D eigenvalue weighted by molar-refractivity contribution is -0.121. The molecule has 0 bridgehead atoms. The third-order valence-corrected chi connectivity index (χ3v) is 3.53. The second-order valence-corrected chi connectivity index (χ2v) is 6.45. The molecule has 0 atom stereocenters. The second-order valence-electron chi connectivity index (χ2n) is 4.89. The van der Waals surface area contributed by atoms with Gasteiger partial charge in [0, 0.05) is 13.0 Å². The Bertz CT molecular complexity index is 521. The number of sulfonamides is 1. The molecule has 0 spiro atoms. The second kappa shape index (κ2) is 6.68. The predicted molar refractivity (Wildman–Crippen MR) is 74.0 cm³/mol. The lowest BCUT2D eigenvalue weighted by Gasteiger charge is -2.07. The van der Waals surface area contributed by atoms with E-state index in [9.17, 15) is 13.2 Å². The monoisotopic (exact) mass is 284 g/mol. The average Bonchev–Trinajstić information content (AvgIpc) is 2.33. The third-order valence-electron chi connectivity index (χ3n) is 2.60. The minimum atomic E-state index is -3.65. The van der Waals surface area contributed by atoms with Crippen LogP contribution >= 0.6 is 0 Å². The normalized spacial score (nSPS) is 11.6. The minimum absolute atomic E-state index is 0.00391. The van der Waals surface area contributed by atoms with E-state index in [0.29, 0.717) is 25.3 Å². The first-order valence-corrected chi connectivity index (χ1v) is 7.72. The maximum absolute atomic E-state index is 11.5. The molecule has 0 unspecified atom stereocenters. The Morgan fingerprint density at radius 3 is 2.32 bits per heavy atom. The molecule has 1 rings (SSSR count). The highest BCUT2D eigenvalue weighted by molar-refractivity contribution is 7.89. The lowest BCUT2D eigenvalue weighted by Crippen LogP contribution is -2.27. The van der Waals surface area contributed by atoms with Crippen LogP contribution in [0.1, 0.15) is 25.8 Å². The van der Waals surface area contributed by atoms with Gasteiger partial charge in [0.2, 0.25) is 15.9 Å². The van der Waals surface area contributed by atoms with E-state index in [2.05, 4.69) is 5.32 Å². The summed E-state index contributed by atoms with van der Waals surface area (Å²) in [7, 11) is -3.65. The molecule has 106 valence electrons. The van der Waals surface area contributed by atoms with E-state index in [1.807, 2.05) is 13.8 Å². The highest BCUT2D eigenvalue weighted by Crippen LogP contribution is 2.10. The molecule has 1 amide bonds. The summed E-state index contributed by atoms with van der Waals surface area (Å²) < 4.78 is 22.1. The zero-order valence-corrected chi connectivity index (χ0v) is 12.0. The highest BCUT2D eigenvalue weighted by atomic mass is 32.2. The number of nitrogens with one attached hydrogen (secondary N) is 1. The number of amides is 1. The topological polar surface area (TPSA) is 89.3 Å². The van der Waals surface area contributed by atoms with Crippen LogP contribution in [0.4, 0.5) is 0 Å². The van der Waals surface area contributed by atoms with Gasteiger partial charge in [-0.15, -0.1) is 0 Å². The van der Waals surface area contributed by atoms with E-state index in [-0.39, 0.29) is 10.8 Å². The van der Waals surface area contributed by atoms with Gasteiger partial charge in [0.05, 0.1) is 4.90 Å². The molecule has 6 heteroatoms. The smallest absolute Gasteiger partial charge is 0.238 e. The van der Waals surface area contributed by atoms with Crippen LogP contribution in [0, 0.1) is 5.92 Å². The summed E-state index contributed by atoms with van der Waals surface area (Å²) in [4.78, 5) is 11.6. The van der Waals surface area contributed by atoms with E-state index in [1.54, 1.807) is 12.1 Å². The van der Waals surface area contributed by atoms with Gasteiger partial charge >= 0.3 is 0 Å². The molecule has 0 saturated heterocycles. The standard InChI is InChI=1S/C13H20N2O3S/c1-10(2)9-15-13(16)8-5-11-3-6-12(7-4-11)19(14,17)18/h3-4,6-7,10H,5,8-9H2,1-2H3,(H,15,16)(H2,14,17,18). The quantitative estimate of drug-likeness (QED) is 0.818. The van der Waals surface area contributed by atoms with Crippen LogP contribution in [0.5, 0.6) is 0 Å². The van der Waals surface area contributed by atoms with E-state index in [4.69, 9.17) is 5.14 Å². The molecule has 3 N–H and O–H groups in total. The molecule has 1 aromatic carbocycles. The summed E-state index contributed by atoms with van der Waals surface area (Å²) >= 11 is 0. The number of aryl methyl sites for hydroxylation is 1. The number of hydrogen-bond donors (Lipinski definition) is 2. The summed E-state index contributed by atoms with van der Waals surface area (Å²) in [5.41, 5.74) is 0.909. The number of rotatable bonds is 6. The Labute approximate surface area is 114 Å². The maximum Gasteiger partial charge on any atom is 0.238 e. The van der Waals surface area contributed by atoms with Gasteiger partial charge in [-0.1, -0.05) is 26.0 Å². The largest absolute Gasteiger partial charge is 0.356 e. The number of carbonyl (C=O) groups excluding carboxylic acids is 1. The zero-order chi connectivity index (χ0) is 14.5. The van der Waals surface area contributed by atoms with Crippen molar-refractivity contribution >= 4 is 15.9 Å². The fraction of sp³-hybridized carbons (Fsp3) is 0.462. The fourth-order valence-electron chi connectivity index (χ4n) is 1.51. The Morgan fingerprint density at radius 2 is 1.84 bits per heavy atom. The third kappa shape index (κ3) is 5.85. The number of carbonyl (C=O) groups is 1. The number of hydrogen-bond acceptors (Lipinski definition) is 3. The molecule has 0 aliphatic heterocycles. The van der Waals surface area contributed by atoms with Crippen molar-refractivity contribution in [3.05, 3.63) is 29.8 Å². The fourth-order valence-corrected chi connectivity index (χ4v) is 2.03. The van der Waals surface area contributed by atoms with Gasteiger partial charge in [-0.05, 0) is 30.0 Å². The van der Waals surface area contributed by atoms with Crippen LogP contribution < -0.4 is 10.5 Å². The van der Waals surface area contributed by atoms with Crippen LogP contribution in [-0.4, -0.2) is 20.9 Å². The Balaban J connectivity index is 2.48. The molecular formula is C13H20N2O3S. The van der Waals surface area contributed by atoms with Crippen molar-refractivity contribution in [3.8, 4) is 0 Å². The summed E-state index contributed by atoms with van der Waals surface area (Å²) in [5.74, 6) is 0.433. The molecular weight excluding hydrogens is 264 g/mol. The Kier molecular flexibility index (Phi) is 5.50. The van der Waals surface area contributed by atoms with Gasteiger partial charge in [-0.3, -0.25) is 4.79 Å². The zero-order valence-electron chi connectivity index (χ0n) is 11.2. The highest BCUT2D eigenvalue weighted by Gasteiger charge is 2.07. The first-order chi connectivity index (χ1) is 8.79. The number of primary sulfonamides is 1. The maximum atomic E-state index is 11.5. The molecule has 0 fully saturated rings. The molecule has 0 aliphatic rings. The van der Waals surface area contributed by atoms with Crippen molar-refractivity contribution in [2.75, 3.05) is 6.54 Å². The van der Waals surface area contributed by atoms with Crippen LogP contribution in [0.2, 0.25) is 0 Å². The molecule has 5 nitrogen and oxygen atoms in total. The van der Waals surface area contributed by atoms with Crippen LogP contribution in [0.15, 0.2) is 29.2 Å². The minimum Gasteiger partial charge on any atom is -0.356 e. The van der Waals surface area contributed by atoms with Crippen molar-refractivity contribution in [3.63, 3.8) is 0 Å². The molecule has 0 heterocycles. The molecule has 0 radical (unpaired) electrons. The van der Waals surface area contributed by atoms with Crippen molar-refractivity contribution in [2.24, 2.45) is 11.1 Å². The number of nitrogens with two attached hydrogens (primary N) is 1. The van der Waals surface area contributed by atoms with E-state index >= 15 is 0 Å². The summed E-state index contributed by atoms with van der Waals surface area (Å²) in [5, 5.41) is 7.84. The van der Waals surface area contributed by atoms with Crippen molar-refractivity contribution in [1.82, 2.24) is 5.32 Å². The average molecular weight is 284 g/mol. The van der Waals surface area contributed by atoms with Crippen LogP contribution in [0.3, 0.4) is 0 Å². The van der Waals surface area contributed by atoms with Crippen LogP contribution in [0.25, 0.3) is 0 Å². The number of benzene rings is 1. The van der Waals surface area contributed by atoms with Gasteiger partial charge in [-0.2, -0.15) is 0 Å². The Morgan fingerprint density at radius 1 is 1.26 bits per heavy atom. The van der Waals surface area contributed by atoms with Crippen molar-refractivity contribution in [1.29, 1.82) is 0 Å². The van der Waals surface area contributed by atoms with E-state index < -0.39 is 10.0 Å². The first-order valence-electron chi connectivity index (χ1n) is 6.17. The van der Waals surface area contributed by atoms with Gasteiger partial charge in [0.25, 0.3) is 0 Å². The van der Waals surface area contributed by atoms with Crippen molar-refractivity contribution in [2.45, 2.75) is 31.6 Å². The van der Waals surface area contributed by atoms with Crippen molar-refractivity contribution < 1.29 is 13.2 Å². The lowest BCUT2D eigenvalue weighted by atomic mass is 10.1. The molecule has 0 aromatic heterocycles. The van der Waals surface area contributed by atoms with E-state index in [0.717, 1.165) is 5.56 Å². The first kappa shape index (κ1) is 15.7. The summed E-state index contributed by atoms with van der Waals surface area (Å²) in [6.07, 6.45) is 0.969. The SMILES string of the molecule is CC(C)CNC(=O)CCc1ccc(S(N)(=O)=O)cc1. The predicted octanol–water partition coefficient (Wildman–Crippen LogP) is 1.04. The molecule has 0 saturated carbocycles. The molecule has 0 aliphatic carbocycles. The van der Waals surface area contributed by atoms with E-state index in [1.165, 1.54) is 12.1 Å². The van der Waals surface area contributed by atoms with Crippen LogP contribution in [-0.2, 0) is 21.2 Å². The van der Waals surface area contributed by atoms with Gasteiger partial charge < -0.3 is 5.32 Å². The van der Waals surface area contributed by atoms with Gasteiger partial charge in [-0.25, -0.2) is 13.6 Å². The molecule has 19 heavy (non-hydrogen) atoms. The van der Waals surface area contributed by atoms with Gasteiger partial charge in [0.1, 0.15) is 0 Å². The Hall–Kier alpha value is -1.40.